The number of carbonyl (C=O) groups is 1. The maximum absolute atomic E-state index is 12.0. The van der Waals surface area contributed by atoms with Crippen molar-refractivity contribution in [3.8, 4) is 11.9 Å². The number of nitrogens with one attached hydrogen (secondary N) is 1. The third-order valence-corrected chi connectivity index (χ3v) is 2.87. The fourth-order valence-electron chi connectivity index (χ4n) is 1.81. The topological polar surface area (TPSA) is 73.3 Å². The van der Waals surface area contributed by atoms with Crippen LogP contribution >= 0.6 is 0 Å². The molecule has 2 aromatic rings. The van der Waals surface area contributed by atoms with Crippen LogP contribution in [0.3, 0.4) is 0 Å². The van der Waals surface area contributed by atoms with Crippen molar-refractivity contribution in [2.75, 3.05) is 19.5 Å². The molecule has 0 radical (unpaired) electrons. The largest absolute Gasteiger partial charge is 0.479 e. The highest BCUT2D eigenvalue weighted by molar-refractivity contribution is 5.91. The van der Waals surface area contributed by atoms with E-state index in [0.29, 0.717) is 18.5 Å². The first-order valence-electron chi connectivity index (χ1n) is 6.51. The van der Waals surface area contributed by atoms with Crippen molar-refractivity contribution >= 4 is 11.6 Å². The number of hydrogen-bond donors (Lipinski definition) is 1. The molecule has 1 N–H and O–H groups in total. The molecule has 6 nitrogen and oxygen atoms in total. The number of nitrogens with zero attached hydrogens (tertiary/aromatic N) is 2. The fourth-order valence-corrected chi connectivity index (χ4v) is 1.81. The molecule has 6 heteroatoms. The monoisotopic (exact) mass is 287 g/mol. The van der Waals surface area contributed by atoms with Gasteiger partial charge in [0.25, 0.3) is 0 Å². The smallest absolute Gasteiger partial charge is 0.319 e. The van der Waals surface area contributed by atoms with Crippen molar-refractivity contribution < 1.29 is 14.3 Å². The van der Waals surface area contributed by atoms with E-state index >= 15 is 0 Å². The number of ether oxygens (including phenoxy) is 2. The third-order valence-electron chi connectivity index (χ3n) is 2.87. The highest BCUT2D eigenvalue weighted by Crippen LogP contribution is 2.22. The second-order valence-corrected chi connectivity index (χ2v) is 4.31. The quantitative estimate of drug-likeness (QED) is 0.880. The van der Waals surface area contributed by atoms with Gasteiger partial charge in [-0.3, -0.25) is 4.79 Å². The van der Waals surface area contributed by atoms with Crippen LogP contribution in [0.5, 0.6) is 11.9 Å². The first kappa shape index (κ1) is 14.8. The Morgan fingerprint density at radius 2 is 1.95 bits per heavy atom. The van der Waals surface area contributed by atoms with Crippen molar-refractivity contribution in [1.82, 2.24) is 9.97 Å². The zero-order valence-corrected chi connectivity index (χ0v) is 12.0. The van der Waals surface area contributed by atoms with Gasteiger partial charge in [0, 0.05) is 6.42 Å². The molecule has 1 aromatic heterocycles. The van der Waals surface area contributed by atoms with Crippen LogP contribution < -0.4 is 14.8 Å². The van der Waals surface area contributed by atoms with Gasteiger partial charge in [-0.1, -0.05) is 30.3 Å². The van der Waals surface area contributed by atoms with Crippen molar-refractivity contribution in [2.24, 2.45) is 0 Å². The summed E-state index contributed by atoms with van der Waals surface area (Å²) in [6, 6.07) is 10.0. The zero-order valence-electron chi connectivity index (χ0n) is 12.0. The normalized spacial score (nSPS) is 10.0. The second-order valence-electron chi connectivity index (χ2n) is 4.31. The number of hydrogen-bond acceptors (Lipinski definition) is 5. The maximum atomic E-state index is 12.0. The van der Waals surface area contributed by atoms with Gasteiger partial charge in [0.05, 0.1) is 20.4 Å². The third kappa shape index (κ3) is 4.17. The summed E-state index contributed by atoms with van der Waals surface area (Å²) in [4.78, 5) is 19.9. The predicted octanol–water partition coefficient (Wildman–Crippen LogP) is 2.07. The average molecular weight is 287 g/mol. The van der Waals surface area contributed by atoms with Crippen LogP contribution in [0.2, 0.25) is 0 Å². The Kier molecular flexibility index (Phi) is 5.09. The van der Waals surface area contributed by atoms with Crippen LogP contribution in [0.1, 0.15) is 12.0 Å². The Labute approximate surface area is 123 Å². The molecule has 0 spiro atoms. The van der Waals surface area contributed by atoms with Crippen molar-refractivity contribution in [2.45, 2.75) is 12.8 Å². The molecule has 1 aromatic carbocycles. The molecule has 1 heterocycles. The Morgan fingerprint density at radius 1 is 1.19 bits per heavy atom. The lowest BCUT2D eigenvalue weighted by molar-refractivity contribution is -0.116. The molecule has 0 aliphatic heterocycles. The maximum Gasteiger partial charge on any atom is 0.319 e. The summed E-state index contributed by atoms with van der Waals surface area (Å²) in [7, 11) is 2.94. The Bertz CT molecular complexity index is 602. The number of methoxy groups -OCH3 is 2. The second kappa shape index (κ2) is 7.23. The summed E-state index contributed by atoms with van der Waals surface area (Å²) in [5, 5.41) is 2.74. The van der Waals surface area contributed by atoms with Crippen LogP contribution in [0.4, 0.5) is 5.69 Å². The summed E-state index contributed by atoms with van der Waals surface area (Å²) in [6.07, 6.45) is 2.51. The van der Waals surface area contributed by atoms with Gasteiger partial charge in [-0.15, -0.1) is 0 Å². The van der Waals surface area contributed by atoms with Gasteiger partial charge in [0.1, 0.15) is 5.69 Å². The minimum Gasteiger partial charge on any atom is -0.479 e. The predicted molar refractivity (Wildman–Crippen MR) is 78.5 cm³/mol. The van der Waals surface area contributed by atoms with E-state index < -0.39 is 0 Å². The van der Waals surface area contributed by atoms with Gasteiger partial charge >= 0.3 is 6.01 Å². The van der Waals surface area contributed by atoms with Gasteiger partial charge in [-0.25, -0.2) is 4.98 Å². The van der Waals surface area contributed by atoms with E-state index in [4.69, 9.17) is 9.47 Å². The molecule has 110 valence electrons. The highest BCUT2D eigenvalue weighted by Gasteiger charge is 2.11. The van der Waals surface area contributed by atoms with E-state index in [9.17, 15) is 4.79 Å². The number of rotatable bonds is 6. The molecule has 0 fully saturated rings. The molecule has 0 atom stereocenters. The Morgan fingerprint density at radius 3 is 2.62 bits per heavy atom. The first-order valence-corrected chi connectivity index (χ1v) is 6.51. The molecule has 0 aliphatic carbocycles. The summed E-state index contributed by atoms with van der Waals surface area (Å²) in [6.45, 7) is 0. The molecule has 2 rings (SSSR count). The van der Waals surface area contributed by atoms with Gasteiger partial charge in [0.15, 0.2) is 0 Å². The lowest BCUT2D eigenvalue weighted by Crippen LogP contribution is -2.14. The Balaban J connectivity index is 1.96. The van der Waals surface area contributed by atoms with Gasteiger partial charge in [-0.05, 0) is 12.0 Å². The van der Waals surface area contributed by atoms with Crippen LogP contribution in [0.25, 0.3) is 0 Å². The van der Waals surface area contributed by atoms with Crippen molar-refractivity contribution in [3.05, 3.63) is 42.1 Å². The standard InChI is InChI=1S/C15H17N3O3/c1-20-14-12(10-16-15(18-14)21-2)17-13(19)9-8-11-6-4-3-5-7-11/h3-7,10H,8-9H2,1-2H3,(H,17,19). The van der Waals surface area contributed by atoms with Crippen LogP contribution in [0, 0.1) is 0 Å². The fraction of sp³-hybridized carbons (Fsp3) is 0.267. The molecule has 0 bridgehead atoms. The molecular weight excluding hydrogens is 270 g/mol. The lowest BCUT2D eigenvalue weighted by Gasteiger charge is -2.09. The van der Waals surface area contributed by atoms with Gasteiger partial charge in [-0.2, -0.15) is 4.98 Å². The molecule has 0 unspecified atom stereocenters. The van der Waals surface area contributed by atoms with E-state index in [1.54, 1.807) is 0 Å². The molecule has 0 saturated heterocycles. The number of aromatic nitrogens is 2. The number of amides is 1. The minimum atomic E-state index is -0.120. The van der Waals surface area contributed by atoms with Gasteiger partial charge in [0.2, 0.25) is 11.8 Å². The molecule has 0 aliphatic rings. The zero-order chi connectivity index (χ0) is 15.1. The molecule has 1 amide bonds. The summed E-state index contributed by atoms with van der Waals surface area (Å²) < 4.78 is 10.0. The van der Waals surface area contributed by atoms with E-state index in [2.05, 4.69) is 15.3 Å². The van der Waals surface area contributed by atoms with E-state index in [1.807, 2.05) is 30.3 Å². The molecular formula is C15H17N3O3. The van der Waals surface area contributed by atoms with E-state index in [-0.39, 0.29) is 17.8 Å². The van der Waals surface area contributed by atoms with Gasteiger partial charge < -0.3 is 14.8 Å². The van der Waals surface area contributed by atoms with Crippen molar-refractivity contribution in [1.29, 1.82) is 0 Å². The Hall–Kier alpha value is -2.63. The SMILES string of the molecule is COc1ncc(NC(=O)CCc2ccccc2)c(OC)n1. The lowest BCUT2D eigenvalue weighted by atomic mass is 10.1. The first-order chi connectivity index (χ1) is 10.2. The summed E-state index contributed by atoms with van der Waals surface area (Å²) in [5.41, 5.74) is 1.54. The van der Waals surface area contributed by atoms with E-state index in [0.717, 1.165) is 5.56 Å². The van der Waals surface area contributed by atoms with Crippen LogP contribution in [0.15, 0.2) is 36.5 Å². The van der Waals surface area contributed by atoms with Crippen LogP contribution in [-0.2, 0) is 11.2 Å². The molecule has 21 heavy (non-hydrogen) atoms. The minimum absolute atomic E-state index is 0.120. The summed E-state index contributed by atoms with van der Waals surface area (Å²) >= 11 is 0. The highest BCUT2D eigenvalue weighted by atomic mass is 16.5. The van der Waals surface area contributed by atoms with Crippen LogP contribution in [-0.4, -0.2) is 30.1 Å². The number of carbonyl (C=O) groups excluding carboxylic acids is 1. The molecule has 0 saturated carbocycles. The van der Waals surface area contributed by atoms with E-state index in [1.165, 1.54) is 20.4 Å². The number of benzene rings is 1. The average Bonchev–Trinajstić information content (AvgIpc) is 2.54. The number of aryl methyl sites for hydroxylation is 1. The summed E-state index contributed by atoms with van der Waals surface area (Å²) in [5.74, 6) is 0.154. The van der Waals surface area contributed by atoms with Crippen molar-refractivity contribution in [3.63, 3.8) is 0 Å². The number of anilines is 1.